The Hall–Kier alpha value is -1.52. The molecule has 21 heavy (non-hydrogen) atoms. The standard InChI is InChI=1S/C17H20FNOS/c1-3-19-17(14-8-5-4-6-9-14)13(2)21(20)16-11-7-10-15(18)12-16/h4-13,17,19H,3H2,1-2H3. The molecule has 112 valence electrons. The molecule has 4 heteroatoms. The van der Waals surface area contributed by atoms with Gasteiger partial charge in [0, 0.05) is 10.9 Å². The third kappa shape index (κ3) is 3.99. The largest absolute Gasteiger partial charge is 0.309 e. The predicted octanol–water partition coefficient (Wildman–Crippen LogP) is 3.67. The second-order valence-corrected chi connectivity index (χ2v) is 6.72. The fraction of sp³-hybridized carbons (Fsp3) is 0.294. The number of halogens is 1. The van der Waals surface area contributed by atoms with Crippen LogP contribution in [0.3, 0.4) is 0 Å². The molecule has 0 aliphatic rings. The van der Waals surface area contributed by atoms with Crippen molar-refractivity contribution in [2.45, 2.75) is 30.0 Å². The zero-order valence-electron chi connectivity index (χ0n) is 12.3. The third-order valence-electron chi connectivity index (χ3n) is 3.42. The van der Waals surface area contributed by atoms with Crippen LogP contribution < -0.4 is 5.32 Å². The second-order valence-electron chi connectivity index (χ2n) is 4.91. The second kappa shape index (κ2) is 7.48. The van der Waals surface area contributed by atoms with Crippen molar-refractivity contribution in [1.29, 1.82) is 0 Å². The van der Waals surface area contributed by atoms with E-state index in [1.165, 1.54) is 12.1 Å². The van der Waals surface area contributed by atoms with Crippen molar-refractivity contribution in [1.82, 2.24) is 5.32 Å². The number of hydrogen-bond donors (Lipinski definition) is 1. The van der Waals surface area contributed by atoms with E-state index in [4.69, 9.17) is 0 Å². The van der Waals surface area contributed by atoms with Gasteiger partial charge in [0.15, 0.2) is 0 Å². The first kappa shape index (κ1) is 15.9. The van der Waals surface area contributed by atoms with Gasteiger partial charge < -0.3 is 5.32 Å². The number of nitrogens with one attached hydrogen (secondary N) is 1. The summed E-state index contributed by atoms with van der Waals surface area (Å²) in [7, 11) is -1.27. The Balaban J connectivity index is 2.26. The minimum Gasteiger partial charge on any atom is -0.309 e. The van der Waals surface area contributed by atoms with E-state index in [-0.39, 0.29) is 17.1 Å². The molecule has 2 nitrogen and oxygen atoms in total. The van der Waals surface area contributed by atoms with Gasteiger partial charge in [-0.2, -0.15) is 0 Å². The maximum atomic E-state index is 13.3. The van der Waals surface area contributed by atoms with E-state index in [1.54, 1.807) is 12.1 Å². The van der Waals surface area contributed by atoms with E-state index < -0.39 is 10.8 Å². The van der Waals surface area contributed by atoms with E-state index in [0.29, 0.717) is 4.90 Å². The zero-order chi connectivity index (χ0) is 15.2. The topological polar surface area (TPSA) is 29.1 Å². The van der Waals surface area contributed by atoms with Crippen molar-refractivity contribution in [2.24, 2.45) is 0 Å². The predicted molar refractivity (Wildman–Crippen MR) is 85.1 cm³/mol. The average molecular weight is 305 g/mol. The van der Waals surface area contributed by atoms with Gasteiger partial charge in [0.25, 0.3) is 0 Å². The Morgan fingerprint density at radius 3 is 2.48 bits per heavy atom. The summed E-state index contributed by atoms with van der Waals surface area (Å²) in [6.45, 7) is 4.74. The van der Waals surface area contributed by atoms with E-state index in [0.717, 1.165) is 12.1 Å². The van der Waals surface area contributed by atoms with Gasteiger partial charge in [-0.1, -0.05) is 43.3 Å². The molecule has 2 aromatic carbocycles. The molecule has 2 rings (SSSR count). The van der Waals surface area contributed by atoms with Crippen LogP contribution in [0.5, 0.6) is 0 Å². The van der Waals surface area contributed by atoms with Crippen molar-refractivity contribution < 1.29 is 8.60 Å². The third-order valence-corrected chi connectivity index (χ3v) is 5.08. The van der Waals surface area contributed by atoms with Crippen molar-refractivity contribution in [2.75, 3.05) is 6.54 Å². The molecule has 1 N–H and O–H groups in total. The lowest BCUT2D eigenvalue weighted by Gasteiger charge is -2.25. The average Bonchev–Trinajstić information content (AvgIpc) is 2.52. The Bertz CT molecular complexity index is 603. The van der Waals surface area contributed by atoms with Crippen LogP contribution in [0.25, 0.3) is 0 Å². The van der Waals surface area contributed by atoms with E-state index in [9.17, 15) is 8.60 Å². The van der Waals surface area contributed by atoms with E-state index in [1.807, 2.05) is 44.2 Å². The van der Waals surface area contributed by atoms with Crippen LogP contribution in [0.15, 0.2) is 59.5 Å². The number of rotatable bonds is 6. The SMILES string of the molecule is CCNC(c1ccccc1)C(C)S(=O)c1cccc(F)c1. The Kier molecular flexibility index (Phi) is 5.65. The van der Waals surface area contributed by atoms with Gasteiger partial charge >= 0.3 is 0 Å². The molecule has 0 saturated carbocycles. The summed E-state index contributed by atoms with van der Waals surface area (Å²) in [5.41, 5.74) is 1.09. The van der Waals surface area contributed by atoms with Crippen LogP contribution in [0.2, 0.25) is 0 Å². The summed E-state index contributed by atoms with van der Waals surface area (Å²) < 4.78 is 26.0. The highest BCUT2D eigenvalue weighted by atomic mass is 32.2. The fourth-order valence-electron chi connectivity index (χ4n) is 2.37. The van der Waals surface area contributed by atoms with Crippen LogP contribution in [-0.2, 0) is 10.8 Å². The van der Waals surface area contributed by atoms with Gasteiger partial charge in [0.05, 0.1) is 16.0 Å². The maximum absolute atomic E-state index is 13.3. The molecule has 0 heterocycles. The normalized spacial score (nSPS) is 15.4. The summed E-state index contributed by atoms with van der Waals surface area (Å²) in [4.78, 5) is 0.529. The summed E-state index contributed by atoms with van der Waals surface area (Å²) in [5.74, 6) is -0.354. The van der Waals surface area contributed by atoms with Crippen LogP contribution in [0, 0.1) is 5.82 Å². The Morgan fingerprint density at radius 2 is 1.86 bits per heavy atom. The van der Waals surface area contributed by atoms with Crippen molar-refractivity contribution in [3.8, 4) is 0 Å². The van der Waals surface area contributed by atoms with E-state index in [2.05, 4.69) is 5.32 Å². The molecule has 0 aliphatic heterocycles. The summed E-state index contributed by atoms with van der Waals surface area (Å²) in [6, 6.07) is 15.9. The van der Waals surface area contributed by atoms with Crippen molar-refractivity contribution >= 4 is 10.8 Å². The van der Waals surface area contributed by atoms with Crippen LogP contribution in [0.4, 0.5) is 4.39 Å². The molecule has 0 bridgehead atoms. The molecule has 0 spiro atoms. The van der Waals surface area contributed by atoms with Crippen LogP contribution in [0.1, 0.15) is 25.5 Å². The molecule has 0 aromatic heterocycles. The van der Waals surface area contributed by atoms with Gasteiger partial charge in [-0.3, -0.25) is 4.21 Å². The minimum absolute atomic E-state index is 0.0275. The smallest absolute Gasteiger partial charge is 0.124 e. The molecular formula is C17H20FNOS. The zero-order valence-corrected chi connectivity index (χ0v) is 13.1. The minimum atomic E-state index is -1.27. The maximum Gasteiger partial charge on any atom is 0.124 e. The summed E-state index contributed by atoms with van der Waals surface area (Å²) >= 11 is 0. The summed E-state index contributed by atoms with van der Waals surface area (Å²) in [6.07, 6.45) is 0. The molecule has 0 saturated heterocycles. The Morgan fingerprint density at radius 1 is 1.14 bits per heavy atom. The summed E-state index contributed by atoms with van der Waals surface area (Å²) in [5, 5.41) is 3.22. The highest BCUT2D eigenvalue weighted by Crippen LogP contribution is 2.24. The lowest BCUT2D eigenvalue weighted by atomic mass is 10.0. The lowest BCUT2D eigenvalue weighted by molar-refractivity contribution is 0.535. The molecular weight excluding hydrogens is 285 g/mol. The van der Waals surface area contributed by atoms with Gasteiger partial charge in [-0.25, -0.2) is 4.39 Å². The highest BCUT2D eigenvalue weighted by Gasteiger charge is 2.24. The van der Waals surface area contributed by atoms with Crippen molar-refractivity contribution in [3.63, 3.8) is 0 Å². The monoisotopic (exact) mass is 305 g/mol. The van der Waals surface area contributed by atoms with Gasteiger partial charge in [-0.05, 0) is 37.2 Å². The molecule has 3 unspecified atom stereocenters. The number of hydrogen-bond acceptors (Lipinski definition) is 2. The molecule has 2 aromatic rings. The van der Waals surface area contributed by atoms with Gasteiger partial charge in [0.1, 0.15) is 5.82 Å². The molecule has 0 amide bonds. The number of benzene rings is 2. The van der Waals surface area contributed by atoms with Crippen molar-refractivity contribution in [3.05, 3.63) is 66.0 Å². The first-order valence-corrected chi connectivity index (χ1v) is 8.29. The molecule has 0 fully saturated rings. The quantitative estimate of drug-likeness (QED) is 0.882. The molecule has 0 radical (unpaired) electrons. The fourth-order valence-corrected chi connectivity index (χ4v) is 3.74. The van der Waals surface area contributed by atoms with Crippen LogP contribution in [-0.4, -0.2) is 16.0 Å². The Labute approximate surface area is 127 Å². The first-order chi connectivity index (χ1) is 10.1. The highest BCUT2D eigenvalue weighted by molar-refractivity contribution is 7.85. The van der Waals surface area contributed by atoms with Crippen LogP contribution >= 0.6 is 0 Å². The first-order valence-electron chi connectivity index (χ1n) is 7.08. The molecule has 0 aliphatic carbocycles. The van der Waals surface area contributed by atoms with Gasteiger partial charge in [-0.15, -0.1) is 0 Å². The molecule has 3 atom stereocenters. The van der Waals surface area contributed by atoms with Gasteiger partial charge in [0.2, 0.25) is 0 Å². The lowest BCUT2D eigenvalue weighted by Crippen LogP contribution is -2.33. The van der Waals surface area contributed by atoms with E-state index >= 15 is 0 Å².